The van der Waals surface area contributed by atoms with Gasteiger partial charge in [-0.25, -0.2) is 0 Å². The SMILES string of the molecule is CC(C)(C)C(C)(C)C(=O)OCCCCCBr. The Kier molecular flexibility index (Phi) is 6.61. The molecule has 2 nitrogen and oxygen atoms in total. The first kappa shape index (κ1) is 16.0. The second kappa shape index (κ2) is 6.63. The van der Waals surface area contributed by atoms with E-state index in [0.717, 1.165) is 24.6 Å². The summed E-state index contributed by atoms with van der Waals surface area (Å²) in [6.07, 6.45) is 3.20. The summed E-state index contributed by atoms with van der Waals surface area (Å²) >= 11 is 3.38. The molecule has 0 spiro atoms. The standard InChI is InChI=1S/C13H25BrO2/c1-12(2,3)13(4,5)11(15)16-10-8-6-7-9-14/h6-10H2,1-5H3. The van der Waals surface area contributed by atoms with Crippen LogP contribution in [0.1, 0.15) is 53.9 Å². The highest BCUT2D eigenvalue weighted by Crippen LogP contribution is 2.38. The van der Waals surface area contributed by atoms with Crippen LogP contribution in [-0.4, -0.2) is 17.9 Å². The van der Waals surface area contributed by atoms with Gasteiger partial charge in [-0.15, -0.1) is 0 Å². The number of hydrogen-bond acceptors (Lipinski definition) is 2. The van der Waals surface area contributed by atoms with Gasteiger partial charge in [0.05, 0.1) is 12.0 Å². The van der Waals surface area contributed by atoms with E-state index in [0.29, 0.717) is 6.61 Å². The molecule has 96 valence electrons. The van der Waals surface area contributed by atoms with Crippen molar-refractivity contribution in [1.82, 2.24) is 0 Å². The van der Waals surface area contributed by atoms with E-state index < -0.39 is 5.41 Å². The van der Waals surface area contributed by atoms with Gasteiger partial charge in [-0.1, -0.05) is 36.7 Å². The third-order valence-electron chi connectivity index (χ3n) is 3.40. The molecule has 0 amide bonds. The highest BCUT2D eigenvalue weighted by molar-refractivity contribution is 9.09. The monoisotopic (exact) mass is 292 g/mol. The molecule has 0 fully saturated rings. The van der Waals surface area contributed by atoms with Crippen molar-refractivity contribution >= 4 is 21.9 Å². The molecule has 0 bridgehead atoms. The van der Waals surface area contributed by atoms with Crippen LogP contribution in [0.4, 0.5) is 0 Å². The first-order valence-corrected chi connectivity index (χ1v) is 7.09. The minimum absolute atomic E-state index is 0.0695. The highest BCUT2D eigenvalue weighted by atomic mass is 79.9. The number of ether oxygens (including phenoxy) is 1. The minimum Gasteiger partial charge on any atom is -0.465 e. The molecule has 0 N–H and O–H groups in total. The zero-order valence-electron chi connectivity index (χ0n) is 11.2. The summed E-state index contributed by atoms with van der Waals surface area (Å²) in [5, 5.41) is 1.02. The average Bonchev–Trinajstić information content (AvgIpc) is 2.15. The zero-order chi connectivity index (χ0) is 12.8. The number of unbranched alkanes of at least 4 members (excludes halogenated alkanes) is 2. The molecule has 16 heavy (non-hydrogen) atoms. The third-order valence-corrected chi connectivity index (χ3v) is 3.96. The van der Waals surface area contributed by atoms with Crippen molar-refractivity contribution in [3.05, 3.63) is 0 Å². The molecule has 0 aliphatic heterocycles. The average molecular weight is 293 g/mol. The highest BCUT2D eigenvalue weighted by Gasteiger charge is 2.40. The Bertz CT molecular complexity index is 216. The van der Waals surface area contributed by atoms with E-state index in [4.69, 9.17) is 4.74 Å². The maximum Gasteiger partial charge on any atom is 0.312 e. The molecule has 0 aliphatic rings. The van der Waals surface area contributed by atoms with Gasteiger partial charge in [-0.3, -0.25) is 4.79 Å². The summed E-state index contributed by atoms with van der Waals surface area (Å²) in [7, 11) is 0. The molecule has 0 aromatic rings. The minimum atomic E-state index is -0.428. The van der Waals surface area contributed by atoms with Crippen LogP contribution in [0, 0.1) is 10.8 Å². The summed E-state index contributed by atoms with van der Waals surface area (Å²) in [5.41, 5.74) is -0.498. The largest absolute Gasteiger partial charge is 0.465 e. The van der Waals surface area contributed by atoms with E-state index in [9.17, 15) is 4.79 Å². The van der Waals surface area contributed by atoms with Gasteiger partial charge in [0.25, 0.3) is 0 Å². The van der Waals surface area contributed by atoms with E-state index in [1.807, 2.05) is 13.8 Å². The number of carbonyl (C=O) groups is 1. The molecule has 0 atom stereocenters. The van der Waals surface area contributed by atoms with Crippen LogP contribution in [0.2, 0.25) is 0 Å². The second-order valence-corrected chi connectivity index (χ2v) is 6.55. The molecule has 0 aromatic carbocycles. The summed E-state index contributed by atoms with van der Waals surface area (Å²) < 4.78 is 5.33. The Hall–Kier alpha value is -0.0500. The molecule has 0 heterocycles. The van der Waals surface area contributed by atoms with Gasteiger partial charge in [0.2, 0.25) is 0 Å². The van der Waals surface area contributed by atoms with Crippen molar-refractivity contribution in [2.45, 2.75) is 53.9 Å². The molecule has 0 unspecified atom stereocenters. The topological polar surface area (TPSA) is 26.3 Å². The molecule has 0 rings (SSSR count). The van der Waals surface area contributed by atoms with Gasteiger partial charge in [0, 0.05) is 5.33 Å². The van der Waals surface area contributed by atoms with Gasteiger partial charge in [0.1, 0.15) is 0 Å². The van der Waals surface area contributed by atoms with Gasteiger partial charge < -0.3 is 4.74 Å². The molecule has 0 aliphatic carbocycles. The number of alkyl halides is 1. The van der Waals surface area contributed by atoms with Crippen LogP contribution < -0.4 is 0 Å². The van der Waals surface area contributed by atoms with Crippen molar-refractivity contribution in [2.75, 3.05) is 11.9 Å². The predicted molar refractivity (Wildman–Crippen MR) is 71.8 cm³/mol. The van der Waals surface area contributed by atoms with Gasteiger partial charge in [-0.2, -0.15) is 0 Å². The molecule has 0 saturated heterocycles. The van der Waals surface area contributed by atoms with Crippen molar-refractivity contribution in [3.8, 4) is 0 Å². The third kappa shape index (κ3) is 4.86. The number of hydrogen-bond donors (Lipinski definition) is 0. The van der Waals surface area contributed by atoms with Gasteiger partial charge in [0.15, 0.2) is 0 Å². The van der Waals surface area contributed by atoms with Crippen molar-refractivity contribution in [2.24, 2.45) is 10.8 Å². The van der Waals surface area contributed by atoms with E-state index in [1.165, 1.54) is 0 Å². The fraction of sp³-hybridized carbons (Fsp3) is 0.923. The van der Waals surface area contributed by atoms with Crippen LogP contribution in [0.25, 0.3) is 0 Å². The lowest BCUT2D eigenvalue weighted by atomic mass is 9.69. The number of rotatable bonds is 6. The molecule has 0 saturated carbocycles. The van der Waals surface area contributed by atoms with Crippen LogP contribution in [-0.2, 0) is 9.53 Å². The van der Waals surface area contributed by atoms with Gasteiger partial charge in [-0.05, 0) is 38.5 Å². The first-order valence-electron chi connectivity index (χ1n) is 5.96. The summed E-state index contributed by atoms with van der Waals surface area (Å²) in [6.45, 7) is 10.7. The Morgan fingerprint density at radius 1 is 1.06 bits per heavy atom. The molecular weight excluding hydrogens is 268 g/mol. The Labute approximate surface area is 108 Å². The Morgan fingerprint density at radius 2 is 1.62 bits per heavy atom. The maximum absolute atomic E-state index is 11.9. The number of halogens is 1. The zero-order valence-corrected chi connectivity index (χ0v) is 12.8. The number of esters is 1. The Morgan fingerprint density at radius 3 is 2.06 bits per heavy atom. The molecular formula is C13H25BrO2. The van der Waals surface area contributed by atoms with Crippen LogP contribution >= 0.6 is 15.9 Å². The van der Waals surface area contributed by atoms with E-state index in [-0.39, 0.29) is 11.4 Å². The normalized spacial score (nSPS) is 12.6. The van der Waals surface area contributed by atoms with E-state index in [1.54, 1.807) is 0 Å². The van der Waals surface area contributed by atoms with E-state index in [2.05, 4.69) is 36.7 Å². The van der Waals surface area contributed by atoms with E-state index >= 15 is 0 Å². The number of carbonyl (C=O) groups excluding carboxylic acids is 1. The predicted octanol–water partition coefficient (Wildman–Crippen LogP) is 4.17. The lowest BCUT2D eigenvalue weighted by Crippen LogP contribution is -2.39. The van der Waals surface area contributed by atoms with Crippen LogP contribution in [0.15, 0.2) is 0 Å². The lowest BCUT2D eigenvalue weighted by Gasteiger charge is -2.36. The van der Waals surface area contributed by atoms with Crippen molar-refractivity contribution in [3.63, 3.8) is 0 Å². The second-order valence-electron chi connectivity index (χ2n) is 5.76. The smallest absolute Gasteiger partial charge is 0.312 e. The fourth-order valence-corrected chi connectivity index (χ4v) is 1.42. The quantitative estimate of drug-likeness (QED) is 0.417. The van der Waals surface area contributed by atoms with Crippen molar-refractivity contribution in [1.29, 1.82) is 0 Å². The van der Waals surface area contributed by atoms with Crippen LogP contribution in [0.3, 0.4) is 0 Å². The molecule has 0 radical (unpaired) electrons. The Balaban J connectivity index is 3.98. The lowest BCUT2D eigenvalue weighted by molar-refractivity contribution is -0.160. The van der Waals surface area contributed by atoms with Gasteiger partial charge >= 0.3 is 5.97 Å². The summed E-state index contributed by atoms with van der Waals surface area (Å²) in [5.74, 6) is -0.0844. The van der Waals surface area contributed by atoms with Crippen molar-refractivity contribution < 1.29 is 9.53 Å². The summed E-state index contributed by atoms with van der Waals surface area (Å²) in [6, 6.07) is 0. The first-order chi connectivity index (χ1) is 7.23. The maximum atomic E-state index is 11.9. The summed E-state index contributed by atoms with van der Waals surface area (Å²) in [4.78, 5) is 11.9. The van der Waals surface area contributed by atoms with Crippen LogP contribution in [0.5, 0.6) is 0 Å². The fourth-order valence-electron chi connectivity index (χ4n) is 1.02. The molecule has 3 heteroatoms. The molecule has 0 aromatic heterocycles.